The first-order chi connectivity index (χ1) is 16.4. The van der Waals surface area contributed by atoms with Crippen LogP contribution in [0.1, 0.15) is 56.1 Å². The molecule has 34 heavy (non-hydrogen) atoms. The molecule has 0 bridgehead atoms. The van der Waals surface area contributed by atoms with Gasteiger partial charge in [0.2, 0.25) is 5.91 Å². The average molecular weight is 465 g/mol. The maximum absolute atomic E-state index is 12.3. The molecule has 180 valence electrons. The molecule has 7 heteroatoms. The fourth-order valence-electron chi connectivity index (χ4n) is 5.09. The van der Waals surface area contributed by atoms with Crippen LogP contribution in [-0.2, 0) is 14.3 Å². The summed E-state index contributed by atoms with van der Waals surface area (Å²) < 4.78 is 5.58. The lowest BCUT2D eigenvalue weighted by Gasteiger charge is -2.35. The largest absolute Gasteiger partial charge is 0.481 e. The van der Waals surface area contributed by atoms with Crippen molar-refractivity contribution in [3.8, 4) is 11.1 Å². The molecule has 1 fully saturated rings. The van der Waals surface area contributed by atoms with Crippen molar-refractivity contribution in [3.63, 3.8) is 0 Å². The number of carbonyl (C=O) groups excluding carboxylic acids is 2. The molecular weight excluding hydrogens is 432 g/mol. The molecule has 1 atom stereocenters. The van der Waals surface area contributed by atoms with E-state index in [1.165, 1.54) is 22.3 Å². The third kappa shape index (κ3) is 5.76. The molecular formula is C27H32N2O5. The number of carbonyl (C=O) groups is 3. The number of carboxylic acid groups (broad SMARTS) is 1. The van der Waals surface area contributed by atoms with Crippen LogP contribution in [0.2, 0.25) is 0 Å². The van der Waals surface area contributed by atoms with Gasteiger partial charge in [-0.3, -0.25) is 9.59 Å². The molecule has 0 spiro atoms. The minimum absolute atomic E-state index is 0.0363. The molecule has 0 aliphatic heterocycles. The maximum Gasteiger partial charge on any atom is 0.407 e. The number of ether oxygens (including phenoxy) is 1. The maximum atomic E-state index is 12.3. The summed E-state index contributed by atoms with van der Waals surface area (Å²) in [5, 5.41) is 14.5. The second-order valence-corrected chi connectivity index (χ2v) is 9.52. The minimum atomic E-state index is -0.855. The first kappa shape index (κ1) is 23.8. The highest BCUT2D eigenvalue weighted by atomic mass is 16.5. The van der Waals surface area contributed by atoms with Gasteiger partial charge in [0.15, 0.2) is 0 Å². The number of hydrogen-bond acceptors (Lipinski definition) is 4. The smallest absolute Gasteiger partial charge is 0.407 e. The second-order valence-electron chi connectivity index (χ2n) is 9.52. The monoisotopic (exact) mass is 464 g/mol. The second kappa shape index (κ2) is 10.7. The molecule has 2 aliphatic rings. The Morgan fingerprint density at radius 2 is 1.62 bits per heavy atom. The fraction of sp³-hybridized carbons (Fsp3) is 0.444. The molecule has 0 aromatic heterocycles. The summed E-state index contributed by atoms with van der Waals surface area (Å²) in [6, 6.07) is 16.4. The van der Waals surface area contributed by atoms with E-state index in [1.54, 1.807) is 0 Å². The van der Waals surface area contributed by atoms with Crippen LogP contribution in [-0.4, -0.2) is 42.3 Å². The summed E-state index contributed by atoms with van der Waals surface area (Å²) >= 11 is 0. The predicted molar refractivity (Wildman–Crippen MR) is 128 cm³/mol. The zero-order chi connectivity index (χ0) is 24.1. The number of rotatable bonds is 10. The van der Waals surface area contributed by atoms with Gasteiger partial charge in [-0.2, -0.15) is 0 Å². The van der Waals surface area contributed by atoms with Crippen LogP contribution >= 0.6 is 0 Å². The number of carboxylic acids is 1. The van der Waals surface area contributed by atoms with Crippen LogP contribution in [0.3, 0.4) is 0 Å². The fourth-order valence-corrected chi connectivity index (χ4v) is 5.09. The summed E-state index contributed by atoms with van der Waals surface area (Å²) in [6.45, 7) is 2.67. The van der Waals surface area contributed by atoms with Gasteiger partial charge in [-0.05, 0) is 60.3 Å². The van der Waals surface area contributed by atoms with Crippen molar-refractivity contribution in [2.24, 2.45) is 11.8 Å². The summed E-state index contributed by atoms with van der Waals surface area (Å²) in [5.74, 6) is -0.191. The molecule has 1 saturated carbocycles. The van der Waals surface area contributed by atoms with Crippen LogP contribution in [0.4, 0.5) is 4.79 Å². The van der Waals surface area contributed by atoms with Gasteiger partial charge in [0.25, 0.3) is 0 Å². The van der Waals surface area contributed by atoms with Crippen molar-refractivity contribution in [1.82, 2.24) is 10.6 Å². The zero-order valence-corrected chi connectivity index (χ0v) is 19.5. The van der Waals surface area contributed by atoms with E-state index in [0.717, 1.165) is 12.8 Å². The molecule has 2 aromatic rings. The quantitative estimate of drug-likeness (QED) is 0.486. The number of nitrogens with one attached hydrogen (secondary N) is 2. The highest BCUT2D eigenvalue weighted by Gasteiger charge is 2.32. The number of alkyl carbamates (subject to hydrolysis) is 1. The van der Waals surface area contributed by atoms with Gasteiger partial charge >= 0.3 is 12.1 Å². The standard InChI is InChI=1S/C27H32N2O5/c1-17(10-11-26(31)32)29-25(30)14-18-12-19(13-18)15-28-27(33)34-16-24-22-8-4-2-6-20(22)21-7-3-5-9-23(21)24/h2-9,17-19,24H,10-16H2,1H3,(H,28,33)(H,29,30)(H,31,32). The van der Waals surface area contributed by atoms with Crippen LogP contribution in [0.15, 0.2) is 48.5 Å². The highest BCUT2D eigenvalue weighted by molar-refractivity contribution is 5.79. The van der Waals surface area contributed by atoms with E-state index in [9.17, 15) is 14.4 Å². The Labute approximate surface area is 199 Å². The number of amides is 2. The Kier molecular flexibility index (Phi) is 7.50. The predicted octanol–water partition coefficient (Wildman–Crippen LogP) is 4.31. The number of benzene rings is 2. The van der Waals surface area contributed by atoms with Crippen molar-refractivity contribution >= 4 is 18.0 Å². The molecule has 7 nitrogen and oxygen atoms in total. The minimum Gasteiger partial charge on any atom is -0.481 e. The van der Waals surface area contributed by atoms with Crippen LogP contribution in [0, 0.1) is 11.8 Å². The Bertz CT molecular complexity index is 1000. The number of hydrogen-bond donors (Lipinski definition) is 3. The SMILES string of the molecule is CC(CCC(=O)O)NC(=O)CC1CC(CNC(=O)OCC2c3ccccc3-c3ccccc32)C1. The van der Waals surface area contributed by atoms with Gasteiger partial charge in [-0.25, -0.2) is 4.79 Å². The van der Waals surface area contributed by atoms with Crippen LogP contribution < -0.4 is 10.6 Å². The van der Waals surface area contributed by atoms with E-state index in [4.69, 9.17) is 9.84 Å². The van der Waals surface area contributed by atoms with Crippen molar-refractivity contribution in [2.75, 3.05) is 13.2 Å². The van der Waals surface area contributed by atoms with Crippen LogP contribution in [0.5, 0.6) is 0 Å². The van der Waals surface area contributed by atoms with Crippen molar-refractivity contribution < 1.29 is 24.2 Å². The lowest BCUT2D eigenvalue weighted by Crippen LogP contribution is -2.40. The molecule has 2 aliphatic carbocycles. The van der Waals surface area contributed by atoms with E-state index in [1.807, 2.05) is 31.2 Å². The molecule has 2 amide bonds. The molecule has 2 aromatic carbocycles. The first-order valence-electron chi connectivity index (χ1n) is 12.0. The number of fused-ring (bicyclic) bond motifs is 3. The van der Waals surface area contributed by atoms with Crippen molar-refractivity contribution in [1.29, 1.82) is 0 Å². The average Bonchev–Trinajstić information content (AvgIpc) is 3.11. The van der Waals surface area contributed by atoms with E-state index >= 15 is 0 Å². The number of aliphatic carboxylic acids is 1. The van der Waals surface area contributed by atoms with Gasteiger partial charge < -0.3 is 20.5 Å². The molecule has 1 unspecified atom stereocenters. The third-order valence-electron chi connectivity index (χ3n) is 6.88. The Balaban J connectivity index is 1.15. The van der Waals surface area contributed by atoms with Crippen molar-refractivity contribution in [3.05, 3.63) is 59.7 Å². The first-order valence-corrected chi connectivity index (χ1v) is 12.0. The van der Waals surface area contributed by atoms with Gasteiger partial charge in [-0.1, -0.05) is 48.5 Å². The van der Waals surface area contributed by atoms with E-state index < -0.39 is 12.1 Å². The highest BCUT2D eigenvalue weighted by Crippen LogP contribution is 2.44. The summed E-state index contributed by atoms with van der Waals surface area (Å²) in [6.07, 6.45) is 2.29. The molecule has 3 N–H and O–H groups in total. The van der Waals surface area contributed by atoms with E-state index in [-0.39, 0.29) is 24.3 Å². The van der Waals surface area contributed by atoms with Gasteiger partial charge in [0.05, 0.1) is 0 Å². The van der Waals surface area contributed by atoms with Gasteiger partial charge in [0, 0.05) is 31.3 Å². The van der Waals surface area contributed by atoms with E-state index in [2.05, 4.69) is 34.9 Å². The molecule has 0 radical (unpaired) electrons. The van der Waals surface area contributed by atoms with Crippen molar-refractivity contribution in [2.45, 2.75) is 51.0 Å². The van der Waals surface area contributed by atoms with Crippen LogP contribution in [0.25, 0.3) is 11.1 Å². The Morgan fingerprint density at radius 1 is 1.00 bits per heavy atom. The normalized spacial score (nSPS) is 19.3. The molecule has 0 saturated heterocycles. The summed E-state index contributed by atoms with van der Waals surface area (Å²) in [4.78, 5) is 35.1. The molecule has 0 heterocycles. The Morgan fingerprint density at radius 3 is 2.24 bits per heavy atom. The Hall–Kier alpha value is -3.35. The van der Waals surface area contributed by atoms with E-state index in [0.29, 0.717) is 37.8 Å². The summed E-state index contributed by atoms with van der Waals surface area (Å²) in [7, 11) is 0. The summed E-state index contributed by atoms with van der Waals surface area (Å²) in [5.41, 5.74) is 4.78. The van der Waals surface area contributed by atoms with Gasteiger partial charge in [-0.15, -0.1) is 0 Å². The molecule has 4 rings (SSSR count). The van der Waals surface area contributed by atoms with Gasteiger partial charge in [0.1, 0.15) is 6.61 Å². The third-order valence-corrected chi connectivity index (χ3v) is 6.88. The topological polar surface area (TPSA) is 105 Å². The zero-order valence-electron chi connectivity index (χ0n) is 19.5. The lowest BCUT2D eigenvalue weighted by atomic mass is 9.73. The lowest BCUT2D eigenvalue weighted by molar-refractivity contribution is -0.137.